The summed E-state index contributed by atoms with van der Waals surface area (Å²) in [6.45, 7) is 2.54. The predicted molar refractivity (Wildman–Crippen MR) is 56.3 cm³/mol. The molecule has 0 aromatic heterocycles. The van der Waals surface area contributed by atoms with E-state index < -0.39 is 6.04 Å². The molecule has 0 aliphatic rings. The fourth-order valence-electron chi connectivity index (χ4n) is 0.775. The summed E-state index contributed by atoms with van der Waals surface area (Å²) >= 11 is 2.99. The third kappa shape index (κ3) is 5.93. The molecule has 82 valence electrons. The molecule has 1 atom stereocenters. The normalized spacial score (nSPS) is 11.9. The maximum absolute atomic E-state index is 11.3. The van der Waals surface area contributed by atoms with E-state index in [1.165, 1.54) is 0 Å². The van der Waals surface area contributed by atoms with Crippen LogP contribution in [-0.2, 0) is 14.3 Å². The van der Waals surface area contributed by atoms with Gasteiger partial charge in [0.25, 0.3) is 0 Å². The molecular weight excluding hydrogens is 252 g/mol. The summed E-state index contributed by atoms with van der Waals surface area (Å²) in [5, 5.41) is 5.33. The van der Waals surface area contributed by atoms with Gasteiger partial charge in [-0.3, -0.25) is 9.59 Å². The van der Waals surface area contributed by atoms with Gasteiger partial charge in [0.2, 0.25) is 11.8 Å². The van der Waals surface area contributed by atoms with E-state index in [0.717, 1.165) is 0 Å². The van der Waals surface area contributed by atoms with Crippen LogP contribution in [0.3, 0.4) is 0 Å². The molecule has 5 nitrogen and oxygen atoms in total. The molecule has 0 fully saturated rings. The maximum Gasteiger partial charge on any atom is 0.242 e. The highest BCUT2D eigenvalue weighted by molar-refractivity contribution is 9.09. The largest absolute Gasteiger partial charge is 0.383 e. The number of rotatable bonds is 6. The van der Waals surface area contributed by atoms with Crippen molar-refractivity contribution >= 4 is 27.7 Å². The first-order valence-electron chi connectivity index (χ1n) is 4.23. The quantitative estimate of drug-likeness (QED) is 0.510. The van der Waals surface area contributed by atoms with E-state index in [1.54, 1.807) is 14.0 Å². The van der Waals surface area contributed by atoms with Crippen molar-refractivity contribution < 1.29 is 14.3 Å². The lowest BCUT2D eigenvalue weighted by molar-refractivity contribution is -0.127. The molecular formula is C8H15BrN2O3. The van der Waals surface area contributed by atoms with E-state index in [4.69, 9.17) is 4.74 Å². The molecule has 0 saturated carbocycles. The molecule has 0 aromatic carbocycles. The molecule has 2 N–H and O–H groups in total. The highest BCUT2D eigenvalue weighted by Gasteiger charge is 2.13. The van der Waals surface area contributed by atoms with Crippen molar-refractivity contribution in [1.29, 1.82) is 0 Å². The Labute approximate surface area is 91.7 Å². The molecule has 0 aliphatic heterocycles. The number of hydrogen-bond acceptors (Lipinski definition) is 3. The number of methoxy groups -OCH3 is 1. The molecule has 0 rings (SSSR count). The summed E-state index contributed by atoms with van der Waals surface area (Å²) in [5.41, 5.74) is 0. The lowest BCUT2D eigenvalue weighted by Crippen LogP contribution is -2.45. The number of alkyl halides is 1. The van der Waals surface area contributed by atoms with Crippen LogP contribution in [0.1, 0.15) is 6.92 Å². The monoisotopic (exact) mass is 266 g/mol. The van der Waals surface area contributed by atoms with Gasteiger partial charge in [0, 0.05) is 13.7 Å². The first-order chi connectivity index (χ1) is 6.61. The van der Waals surface area contributed by atoms with Gasteiger partial charge >= 0.3 is 0 Å². The van der Waals surface area contributed by atoms with Crippen molar-refractivity contribution in [1.82, 2.24) is 10.6 Å². The van der Waals surface area contributed by atoms with E-state index >= 15 is 0 Å². The van der Waals surface area contributed by atoms with Gasteiger partial charge in [0.15, 0.2) is 0 Å². The summed E-state index contributed by atoms with van der Waals surface area (Å²) < 4.78 is 4.76. The van der Waals surface area contributed by atoms with Crippen LogP contribution in [0.5, 0.6) is 0 Å². The summed E-state index contributed by atoms with van der Waals surface area (Å²) in [7, 11) is 1.56. The van der Waals surface area contributed by atoms with Gasteiger partial charge in [0.05, 0.1) is 11.9 Å². The van der Waals surface area contributed by atoms with Crippen molar-refractivity contribution in [2.45, 2.75) is 13.0 Å². The van der Waals surface area contributed by atoms with Crippen molar-refractivity contribution in [3.63, 3.8) is 0 Å². The van der Waals surface area contributed by atoms with Gasteiger partial charge in [-0.1, -0.05) is 15.9 Å². The van der Waals surface area contributed by atoms with Crippen LogP contribution in [0.15, 0.2) is 0 Å². The standard InChI is InChI=1S/C8H15BrN2O3/c1-6(11-7(12)5-9)8(13)10-3-4-14-2/h6H,3-5H2,1-2H3,(H,10,13)(H,11,12). The number of halogens is 1. The topological polar surface area (TPSA) is 67.4 Å². The Morgan fingerprint density at radius 1 is 1.50 bits per heavy atom. The molecule has 0 radical (unpaired) electrons. The van der Waals surface area contributed by atoms with Gasteiger partial charge < -0.3 is 15.4 Å². The number of amides is 2. The molecule has 0 aromatic rings. The van der Waals surface area contributed by atoms with Gasteiger partial charge in [-0.05, 0) is 6.92 Å². The second-order valence-electron chi connectivity index (χ2n) is 2.71. The average Bonchev–Trinajstić information content (AvgIpc) is 2.17. The molecule has 0 bridgehead atoms. The number of carbonyl (C=O) groups excluding carboxylic acids is 2. The minimum Gasteiger partial charge on any atom is -0.383 e. The summed E-state index contributed by atoms with van der Waals surface area (Å²) in [6.07, 6.45) is 0. The zero-order valence-electron chi connectivity index (χ0n) is 8.30. The van der Waals surface area contributed by atoms with E-state index in [0.29, 0.717) is 13.2 Å². The van der Waals surface area contributed by atoms with Gasteiger partial charge in [-0.15, -0.1) is 0 Å². The molecule has 0 spiro atoms. The summed E-state index contributed by atoms with van der Waals surface area (Å²) in [6, 6.07) is -0.517. The van der Waals surface area contributed by atoms with Crippen LogP contribution in [0.4, 0.5) is 0 Å². The number of ether oxygens (including phenoxy) is 1. The average molecular weight is 267 g/mol. The van der Waals surface area contributed by atoms with E-state index in [2.05, 4.69) is 26.6 Å². The van der Waals surface area contributed by atoms with Crippen LogP contribution in [0.2, 0.25) is 0 Å². The number of carbonyl (C=O) groups is 2. The SMILES string of the molecule is COCCNC(=O)C(C)NC(=O)CBr. The van der Waals surface area contributed by atoms with Crippen LogP contribution >= 0.6 is 15.9 Å². The highest BCUT2D eigenvalue weighted by Crippen LogP contribution is 1.85. The second kappa shape index (κ2) is 7.75. The summed E-state index contributed by atoms with van der Waals surface area (Å²) in [5.74, 6) is -0.421. The Balaban J connectivity index is 3.70. The van der Waals surface area contributed by atoms with Crippen molar-refractivity contribution in [2.75, 3.05) is 25.6 Å². The lowest BCUT2D eigenvalue weighted by Gasteiger charge is -2.12. The molecule has 1 unspecified atom stereocenters. The van der Waals surface area contributed by atoms with Gasteiger partial charge in [-0.25, -0.2) is 0 Å². The van der Waals surface area contributed by atoms with Crippen molar-refractivity contribution in [3.8, 4) is 0 Å². The first kappa shape index (κ1) is 13.4. The number of nitrogens with one attached hydrogen (secondary N) is 2. The molecule has 14 heavy (non-hydrogen) atoms. The van der Waals surface area contributed by atoms with Crippen LogP contribution in [-0.4, -0.2) is 43.4 Å². The number of hydrogen-bond donors (Lipinski definition) is 2. The Morgan fingerprint density at radius 2 is 2.14 bits per heavy atom. The molecule has 6 heteroatoms. The fourth-order valence-corrected chi connectivity index (χ4v) is 0.937. The molecule has 2 amide bonds. The zero-order chi connectivity index (χ0) is 11.0. The van der Waals surface area contributed by atoms with E-state index in [1.807, 2.05) is 0 Å². The maximum atomic E-state index is 11.3. The first-order valence-corrected chi connectivity index (χ1v) is 5.36. The minimum atomic E-state index is -0.517. The lowest BCUT2D eigenvalue weighted by atomic mass is 10.3. The van der Waals surface area contributed by atoms with Crippen LogP contribution in [0.25, 0.3) is 0 Å². The molecule has 0 heterocycles. The molecule has 0 saturated heterocycles. The zero-order valence-corrected chi connectivity index (χ0v) is 9.89. The van der Waals surface area contributed by atoms with Crippen LogP contribution < -0.4 is 10.6 Å². The van der Waals surface area contributed by atoms with E-state index in [-0.39, 0.29) is 17.1 Å². The Kier molecular flexibility index (Phi) is 7.41. The Bertz CT molecular complexity index is 199. The fraction of sp³-hybridized carbons (Fsp3) is 0.750. The Morgan fingerprint density at radius 3 is 2.64 bits per heavy atom. The smallest absolute Gasteiger partial charge is 0.242 e. The van der Waals surface area contributed by atoms with E-state index in [9.17, 15) is 9.59 Å². The van der Waals surface area contributed by atoms with Crippen LogP contribution in [0, 0.1) is 0 Å². The van der Waals surface area contributed by atoms with Crippen molar-refractivity contribution in [2.24, 2.45) is 0 Å². The highest BCUT2D eigenvalue weighted by atomic mass is 79.9. The third-order valence-corrected chi connectivity index (χ3v) is 2.01. The molecule has 0 aliphatic carbocycles. The second-order valence-corrected chi connectivity index (χ2v) is 3.27. The van der Waals surface area contributed by atoms with Gasteiger partial charge in [0.1, 0.15) is 6.04 Å². The van der Waals surface area contributed by atoms with Gasteiger partial charge in [-0.2, -0.15) is 0 Å². The minimum absolute atomic E-state index is 0.197. The summed E-state index contributed by atoms with van der Waals surface area (Å²) in [4.78, 5) is 22.2. The Hall–Kier alpha value is -0.620. The van der Waals surface area contributed by atoms with Crippen molar-refractivity contribution in [3.05, 3.63) is 0 Å². The third-order valence-electron chi connectivity index (χ3n) is 1.50. The predicted octanol–water partition coefficient (Wildman–Crippen LogP) is -0.351.